The number of hydrogen-bond acceptors (Lipinski definition) is 3. The van der Waals surface area contributed by atoms with Crippen LogP contribution >= 0.6 is 7.60 Å². The Morgan fingerprint density at radius 2 is 2.20 bits per heavy atom. The molecule has 0 heterocycles. The van der Waals surface area contributed by atoms with E-state index in [2.05, 4.69) is 5.92 Å². The van der Waals surface area contributed by atoms with Gasteiger partial charge in [0, 0.05) is 5.92 Å². The van der Waals surface area contributed by atoms with E-state index in [0.29, 0.717) is 12.2 Å². The molecule has 5 heteroatoms. The highest BCUT2D eigenvalue weighted by atomic mass is 31.2. The molecule has 0 fully saturated rings. The van der Waals surface area contributed by atoms with Crippen molar-refractivity contribution in [3.63, 3.8) is 0 Å². The molecule has 0 saturated carbocycles. The minimum Gasteiger partial charge on any atom is -0.308 e. The smallest absolute Gasteiger partial charge is 0.308 e. The lowest BCUT2D eigenvalue weighted by Gasteiger charge is -2.19. The average molecular weight is 298 g/mol. The van der Waals surface area contributed by atoms with E-state index in [1.807, 2.05) is 6.92 Å². The fraction of sp³-hybridized carbons (Fsp3) is 0.467. The van der Waals surface area contributed by atoms with Crippen molar-refractivity contribution in [2.75, 3.05) is 13.2 Å². The maximum Gasteiger partial charge on any atom is 0.335 e. The standard InChI is InChI=1S/C15H20FO3P/c1-4-9-18-20(17,19-11-13(3)5-2)12-14-7-6-8-15(16)10-14/h2,6-8,10,13H,4,9,11-12H2,1,3H3. The highest BCUT2D eigenvalue weighted by Gasteiger charge is 2.25. The Bertz CT molecular complexity index is 510. The van der Waals surface area contributed by atoms with Gasteiger partial charge >= 0.3 is 7.60 Å². The van der Waals surface area contributed by atoms with Gasteiger partial charge in [0.1, 0.15) is 5.82 Å². The van der Waals surface area contributed by atoms with Gasteiger partial charge in [-0.1, -0.05) is 19.1 Å². The molecule has 0 radical (unpaired) electrons. The van der Waals surface area contributed by atoms with E-state index in [1.165, 1.54) is 12.1 Å². The Kier molecular flexibility index (Phi) is 6.95. The van der Waals surface area contributed by atoms with Crippen LogP contribution in [0.2, 0.25) is 0 Å². The number of halogens is 1. The van der Waals surface area contributed by atoms with Crippen LogP contribution in [-0.2, 0) is 19.8 Å². The maximum absolute atomic E-state index is 13.2. The number of terminal acetylenes is 1. The highest BCUT2D eigenvalue weighted by Crippen LogP contribution is 2.51. The summed E-state index contributed by atoms with van der Waals surface area (Å²) in [6.07, 6.45) is 6.03. The molecule has 3 nitrogen and oxygen atoms in total. The van der Waals surface area contributed by atoms with Gasteiger partial charge in [0.25, 0.3) is 0 Å². The molecule has 0 aliphatic carbocycles. The Morgan fingerprint density at radius 1 is 1.45 bits per heavy atom. The van der Waals surface area contributed by atoms with Gasteiger partial charge in [0.15, 0.2) is 0 Å². The topological polar surface area (TPSA) is 35.5 Å². The minimum absolute atomic E-state index is 0.0437. The first kappa shape index (κ1) is 16.9. The Morgan fingerprint density at radius 3 is 2.80 bits per heavy atom. The van der Waals surface area contributed by atoms with Crippen LogP contribution < -0.4 is 0 Å². The molecule has 0 amide bonds. The zero-order chi connectivity index (χ0) is 15.0. The molecular formula is C15H20FO3P. The summed E-state index contributed by atoms with van der Waals surface area (Å²) in [6, 6.07) is 5.93. The first-order valence-corrected chi connectivity index (χ1v) is 8.30. The first-order valence-electron chi connectivity index (χ1n) is 6.58. The van der Waals surface area contributed by atoms with Crippen LogP contribution in [0.1, 0.15) is 25.8 Å². The molecule has 0 N–H and O–H groups in total. The molecule has 0 bridgehead atoms. The summed E-state index contributed by atoms with van der Waals surface area (Å²) in [5.41, 5.74) is 0.581. The van der Waals surface area contributed by atoms with Crippen molar-refractivity contribution in [1.29, 1.82) is 0 Å². The summed E-state index contributed by atoms with van der Waals surface area (Å²) in [5.74, 6) is 1.98. The molecule has 0 saturated heterocycles. The van der Waals surface area contributed by atoms with Crippen LogP contribution in [0.4, 0.5) is 4.39 Å². The predicted octanol–water partition coefficient (Wildman–Crippen LogP) is 4.23. The van der Waals surface area contributed by atoms with E-state index >= 15 is 0 Å². The van der Waals surface area contributed by atoms with E-state index in [0.717, 1.165) is 6.42 Å². The van der Waals surface area contributed by atoms with Crippen LogP contribution in [0.25, 0.3) is 0 Å². The van der Waals surface area contributed by atoms with E-state index in [-0.39, 0.29) is 24.5 Å². The van der Waals surface area contributed by atoms with Crippen LogP contribution in [0.5, 0.6) is 0 Å². The molecule has 0 spiro atoms. The SMILES string of the molecule is C#CC(C)COP(=O)(Cc1cccc(F)c1)OCCC. The van der Waals surface area contributed by atoms with Crippen molar-refractivity contribution in [3.8, 4) is 12.3 Å². The summed E-state index contributed by atoms with van der Waals surface area (Å²) in [7, 11) is -3.31. The van der Waals surface area contributed by atoms with E-state index in [9.17, 15) is 8.96 Å². The van der Waals surface area contributed by atoms with Crippen molar-refractivity contribution in [2.45, 2.75) is 26.4 Å². The van der Waals surface area contributed by atoms with Gasteiger partial charge in [-0.05, 0) is 31.0 Å². The molecular weight excluding hydrogens is 278 g/mol. The second kappa shape index (κ2) is 8.21. The van der Waals surface area contributed by atoms with Crippen molar-refractivity contribution >= 4 is 7.60 Å². The molecule has 2 atom stereocenters. The molecule has 20 heavy (non-hydrogen) atoms. The van der Waals surface area contributed by atoms with Crippen molar-refractivity contribution in [1.82, 2.24) is 0 Å². The lowest BCUT2D eigenvalue weighted by Crippen LogP contribution is -2.06. The summed E-state index contributed by atoms with van der Waals surface area (Å²) in [6.45, 7) is 4.20. The van der Waals surface area contributed by atoms with Gasteiger partial charge in [0.05, 0.1) is 19.4 Å². The normalized spacial score (nSPS) is 15.3. The molecule has 2 unspecified atom stereocenters. The molecule has 110 valence electrons. The predicted molar refractivity (Wildman–Crippen MR) is 77.9 cm³/mol. The van der Waals surface area contributed by atoms with Gasteiger partial charge in [-0.2, -0.15) is 0 Å². The average Bonchev–Trinajstić information content (AvgIpc) is 2.43. The van der Waals surface area contributed by atoms with Crippen molar-refractivity contribution < 1.29 is 18.0 Å². The van der Waals surface area contributed by atoms with Gasteiger partial charge in [-0.3, -0.25) is 4.57 Å². The largest absolute Gasteiger partial charge is 0.335 e. The summed E-state index contributed by atoms with van der Waals surface area (Å²) in [4.78, 5) is 0. The van der Waals surface area contributed by atoms with E-state index in [1.54, 1.807) is 19.1 Å². The quantitative estimate of drug-likeness (QED) is 0.532. The lowest BCUT2D eigenvalue weighted by molar-refractivity contribution is 0.193. The van der Waals surface area contributed by atoms with Gasteiger partial charge in [-0.15, -0.1) is 12.3 Å². The first-order chi connectivity index (χ1) is 9.49. The lowest BCUT2D eigenvalue weighted by atomic mass is 10.2. The summed E-state index contributed by atoms with van der Waals surface area (Å²) >= 11 is 0. The fourth-order valence-corrected chi connectivity index (χ4v) is 3.30. The van der Waals surface area contributed by atoms with Gasteiger partial charge in [0.2, 0.25) is 0 Å². The fourth-order valence-electron chi connectivity index (χ4n) is 1.49. The van der Waals surface area contributed by atoms with Crippen LogP contribution in [0, 0.1) is 24.1 Å². The number of hydrogen-bond donors (Lipinski definition) is 0. The zero-order valence-electron chi connectivity index (χ0n) is 11.8. The third-order valence-corrected chi connectivity index (χ3v) is 4.43. The molecule has 1 rings (SSSR count). The van der Waals surface area contributed by atoms with Crippen molar-refractivity contribution in [3.05, 3.63) is 35.6 Å². The second-order valence-corrected chi connectivity index (χ2v) is 6.65. The third-order valence-electron chi connectivity index (χ3n) is 2.56. The maximum atomic E-state index is 13.2. The monoisotopic (exact) mass is 298 g/mol. The van der Waals surface area contributed by atoms with Crippen LogP contribution in [0.3, 0.4) is 0 Å². The molecule has 0 aliphatic heterocycles. The molecule has 1 aromatic rings. The molecule has 0 aromatic heterocycles. The van der Waals surface area contributed by atoms with Crippen LogP contribution in [0.15, 0.2) is 24.3 Å². The highest BCUT2D eigenvalue weighted by molar-refractivity contribution is 7.53. The minimum atomic E-state index is -3.31. The third kappa shape index (κ3) is 5.88. The van der Waals surface area contributed by atoms with E-state index in [4.69, 9.17) is 15.5 Å². The Labute approximate surface area is 120 Å². The molecule has 1 aromatic carbocycles. The van der Waals surface area contributed by atoms with E-state index < -0.39 is 7.60 Å². The summed E-state index contributed by atoms with van der Waals surface area (Å²) < 4.78 is 36.6. The van der Waals surface area contributed by atoms with Crippen molar-refractivity contribution in [2.24, 2.45) is 5.92 Å². The number of benzene rings is 1. The zero-order valence-corrected chi connectivity index (χ0v) is 12.7. The molecule has 0 aliphatic rings. The van der Waals surface area contributed by atoms with Crippen LogP contribution in [-0.4, -0.2) is 13.2 Å². The Hall–Kier alpha value is -1.14. The van der Waals surface area contributed by atoms with Gasteiger partial charge in [-0.25, -0.2) is 4.39 Å². The van der Waals surface area contributed by atoms with Gasteiger partial charge < -0.3 is 9.05 Å². The Balaban J connectivity index is 2.77. The second-order valence-electron chi connectivity index (χ2n) is 4.60. The number of rotatable bonds is 8. The summed E-state index contributed by atoms with van der Waals surface area (Å²) in [5, 5.41) is 0.